The molecule has 1 saturated heterocycles. The number of carboxylic acid groups (broad SMARTS) is 1. The van der Waals surface area contributed by atoms with Crippen LogP contribution >= 0.6 is 0 Å². The molecule has 0 aliphatic carbocycles. The highest BCUT2D eigenvalue weighted by Gasteiger charge is 2.26. The summed E-state index contributed by atoms with van der Waals surface area (Å²) in [5, 5.41) is 9.19. The molecule has 1 N–H and O–H groups in total. The lowest BCUT2D eigenvalue weighted by Gasteiger charge is -2.29. The van der Waals surface area contributed by atoms with Crippen LogP contribution in [-0.4, -0.2) is 34.0 Å². The van der Waals surface area contributed by atoms with Gasteiger partial charge in [0, 0.05) is 18.7 Å². The largest absolute Gasteiger partial charge is 0.481 e. The van der Waals surface area contributed by atoms with E-state index in [0.717, 1.165) is 36.4 Å². The Morgan fingerprint density at radius 3 is 2.78 bits per heavy atom. The molecular formula is C18H22N2O3. The Labute approximate surface area is 135 Å². The van der Waals surface area contributed by atoms with Gasteiger partial charge >= 0.3 is 5.97 Å². The van der Waals surface area contributed by atoms with Gasteiger partial charge in [0.05, 0.1) is 11.6 Å². The summed E-state index contributed by atoms with van der Waals surface area (Å²) in [4.78, 5) is 18.0. The molecule has 1 fully saturated rings. The molecule has 0 spiro atoms. The summed E-state index contributed by atoms with van der Waals surface area (Å²) in [6.45, 7) is 6.10. The van der Waals surface area contributed by atoms with Gasteiger partial charge in [-0.05, 0) is 45.4 Å². The Kier molecular flexibility index (Phi) is 4.48. The summed E-state index contributed by atoms with van der Waals surface area (Å²) in [7, 11) is 0. The quantitative estimate of drug-likeness (QED) is 0.938. The Morgan fingerprint density at radius 2 is 2.09 bits per heavy atom. The Bertz CT molecular complexity index is 691. The molecule has 2 heterocycles. The second-order valence-corrected chi connectivity index (χ2v) is 6.30. The van der Waals surface area contributed by atoms with Crippen LogP contribution in [0.2, 0.25) is 0 Å². The molecule has 1 aliphatic heterocycles. The van der Waals surface area contributed by atoms with Crippen molar-refractivity contribution >= 4 is 5.97 Å². The minimum absolute atomic E-state index is 0.271. The first-order valence-corrected chi connectivity index (χ1v) is 8.01. The van der Waals surface area contributed by atoms with Gasteiger partial charge in [-0.1, -0.05) is 17.7 Å². The first-order chi connectivity index (χ1) is 11.0. The first kappa shape index (κ1) is 15.7. The highest BCUT2D eigenvalue weighted by atomic mass is 16.4. The molecule has 0 saturated carbocycles. The summed E-state index contributed by atoms with van der Waals surface area (Å²) < 4.78 is 5.80. The highest BCUT2D eigenvalue weighted by Crippen LogP contribution is 2.24. The number of aromatic nitrogens is 1. The predicted octanol–water partition coefficient (Wildman–Crippen LogP) is 3.26. The second-order valence-electron chi connectivity index (χ2n) is 6.30. The molecule has 0 bridgehead atoms. The molecule has 23 heavy (non-hydrogen) atoms. The molecular weight excluding hydrogens is 292 g/mol. The lowest BCUT2D eigenvalue weighted by Crippen LogP contribution is -2.38. The fourth-order valence-corrected chi connectivity index (χ4v) is 3.01. The van der Waals surface area contributed by atoms with Gasteiger partial charge in [-0.25, -0.2) is 4.98 Å². The van der Waals surface area contributed by atoms with E-state index < -0.39 is 5.97 Å². The monoisotopic (exact) mass is 314 g/mol. The van der Waals surface area contributed by atoms with E-state index in [2.05, 4.69) is 9.88 Å². The molecule has 1 aromatic heterocycles. The molecule has 122 valence electrons. The summed E-state index contributed by atoms with van der Waals surface area (Å²) >= 11 is 0. The minimum atomic E-state index is -0.702. The van der Waals surface area contributed by atoms with Gasteiger partial charge in [0.1, 0.15) is 5.76 Å². The van der Waals surface area contributed by atoms with Gasteiger partial charge in [-0.3, -0.25) is 9.69 Å². The van der Waals surface area contributed by atoms with Crippen LogP contribution in [0.4, 0.5) is 0 Å². The van der Waals surface area contributed by atoms with Gasteiger partial charge < -0.3 is 9.52 Å². The van der Waals surface area contributed by atoms with Crippen molar-refractivity contribution in [3.8, 4) is 11.5 Å². The molecule has 1 aromatic carbocycles. The Hall–Kier alpha value is -2.14. The summed E-state index contributed by atoms with van der Waals surface area (Å²) in [6, 6.07) is 8.09. The normalized spacial score (nSPS) is 19.0. The van der Waals surface area contributed by atoms with Crippen molar-refractivity contribution in [2.24, 2.45) is 5.92 Å². The maximum absolute atomic E-state index is 11.2. The van der Waals surface area contributed by atoms with Crippen molar-refractivity contribution in [3.63, 3.8) is 0 Å². The lowest BCUT2D eigenvalue weighted by molar-refractivity contribution is -0.143. The number of likely N-dealkylation sites (tertiary alicyclic amines) is 1. The molecule has 1 unspecified atom stereocenters. The maximum Gasteiger partial charge on any atom is 0.307 e. The number of hydrogen-bond acceptors (Lipinski definition) is 4. The number of nitrogens with zero attached hydrogens (tertiary/aromatic N) is 2. The number of oxazole rings is 1. The molecule has 1 aliphatic rings. The highest BCUT2D eigenvalue weighted by molar-refractivity contribution is 5.70. The summed E-state index contributed by atoms with van der Waals surface area (Å²) in [5.41, 5.74) is 3.06. The van der Waals surface area contributed by atoms with Crippen molar-refractivity contribution in [2.75, 3.05) is 13.1 Å². The summed E-state index contributed by atoms with van der Waals surface area (Å²) in [5.74, 6) is 0.460. The van der Waals surface area contributed by atoms with E-state index in [1.165, 1.54) is 5.56 Å². The topological polar surface area (TPSA) is 66.6 Å². The number of benzene rings is 1. The third kappa shape index (κ3) is 3.62. The maximum atomic E-state index is 11.2. The first-order valence-electron chi connectivity index (χ1n) is 8.01. The molecule has 3 rings (SSSR count). The van der Waals surface area contributed by atoms with Crippen LogP contribution in [0.1, 0.15) is 29.9 Å². The van der Waals surface area contributed by atoms with Crippen molar-refractivity contribution in [1.29, 1.82) is 0 Å². The van der Waals surface area contributed by atoms with Gasteiger partial charge in [-0.2, -0.15) is 0 Å². The zero-order chi connectivity index (χ0) is 16.4. The second kappa shape index (κ2) is 6.54. The van der Waals surface area contributed by atoms with E-state index in [9.17, 15) is 9.90 Å². The van der Waals surface area contributed by atoms with Crippen molar-refractivity contribution in [1.82, 2.24) is 9.88 Å². The van der Waals surface area contributed by atoms with Crippen LogP contribution in [-0.2, 0) is 11.3 Å². The zero-order valence-corrected chi connectivity index (χ0v) is 13.6. The minimum Gasteiger partial charge on any atom is -0.481 e. The number of hydrogen-bond donors (Lipinski definition) is 1. The molecule has 5 nitrogen and oxygen atoms in total. The van der Waals surface area contributed by atoms with E-state index in [4.69, 9.17) is 4.42 Å². The number of aliphatic carboxylic acids is 1. The van der Waals surface area contributed by atoms with Crippen LogP contribution in [0.15, 0.2) is 28.7 Å². The molecule has 0 radical (unpaired) electrons. The number of aryl methyl sites for hydroxylation is 2. The van der Waals surface area contributed by atoms with Gasteiger partial charge in [-0.15, -0.1) is 0 Å². The predicted molar refractivity (Wildman–Crippen MR) is 87.0 cm³/mol. The molecule has 2 aromatic rings. The van der Waals surface area contributed by atoms with Gasteiger partial charge in [0.15, 0.2) is 0 Å². The number of rotatable bonds is 4. The van der Waals surface area contributed by atoms with Gasteiger partial charge in [0.25, 0.3) is 0 Å². The van der Waals surface area contributed by atoms with E-state index in [1.807, 2.05) is 38.1 Å². The van der Waals surface area contributed by atoms with Crippen LogP contribution < -0.4 is 0 Å². The number of piperidine rings is 1. The standard InChI is InChI=1S/C18H22N2O3/c1-12-5-7-14(8-6-12)17-19-16(13(2)23-17)11-20-9-3-4-15(10-20)18(21)22/h5-8,15H,3-4,9-11H2,1-2H3,(H,21,22). The lowest BCUT2D eigenvalue weighted by atomic mass is 9.98. The van der Waals surface area contributed by atoms with Crippen LogP contribution in [0.25, 0.3) is 11.5 Å². The third-order valence-corrected chi connectivity index (χ3v) is 4.42. The zero-order valence-electron chi connectivity index (χ0n) is 13.6. The van der Waals surface area contributed by atoms with E-state index in [-0.39, 0.29) is 5.92 Å². The van der Waals surface area contributed by atoms with Crippen molar-refractivity contribution in [2.45, 2.75) is 33.2 Å². The van der Waals surface area contributed by atoms with E-state index in [0.29, 0.717) is 19.0 Å². The van der Waals surface area contributed by atoms with E-state index in [1.54, 1.807) is 0 Å². The Morgan fingerprint density at radius 1 is 1.35 bits per heavy atom. The molecule has 0 amide bonds. The fraction of sp³-hybridized carbons (Fsp3) is 0.444. The average Bonchev–Trinajstić information content (AvgIpc) is 2.89. The average molecular weight is 314 g/mol. The van der Waals surface area contributed by atoms with Crippen LogP contribution in [0, 0.1) is 19.8 Å². The van der Waals surface area contributed by atoms with Crippen LogP contribution in [0.3, 0.4) is 0 Å². The summed E-state index contributed by atoms with van der Waals surface area (Å²) in [6.07, 6.45) is 1.68. The van der Waals surface area contributed by atoms with Crippen molar-refractivity contribution < 1.29 is 14.3 Å². The smallest absolute Gasteiger partial charge is 0.307 e. The van der Waals surface area contributed by atoms with E-state index >= 15 is 0 Å². The molecule has 5 heteroatoms. The number of carboxylic acids is 1. The van der Waals surface area contributed by atoms with Crippen LogP contribution in [0.5, 0.6) is 0 Å². The SMILES string of the molecule is Cc1ccc(-c2nc(CN3CCCC(C(=O)O)C3)c(C)o2)cc1. The molecule has 1 atom stereocenters. The van der Waals surface area contributed by atoms with Gasteiger partial charge in [0.2, 0.25) is 5.89 Å². The fourth-order valence-electron chi connectivity index (χ4n) is 3.01. The Balaban J connectivity index is 1.73. The number of carbonyl (C=O) groups is 1. The third-order valence-electron chi connectivity index (χ3n) is 4.42. The van der Waals surface area contributed by atoms with Crippen molar-refractivity contribution in [3.05, 3.63) is 41.3 Å².